The van der Waals surface area contributed by atoms with Crippen molar-refractivity contribution < 1.29 is 48.6 Å². The summed E-state index contributed by atoms with van der Waals surface area (Å²) < 4.78 is 10.3. The normalized spacial score (nSPS) is 9.60. The minimum atomic E-state index is -0.360. The number of hydrogen-bond donors (Lipinski definition) is 0. The van der Waals surface area contributed by atoms with Crippen LogP contribution in [0.1, 0.15) is 32.1 Å². The van der Waals surface area contributed by atoms with E-state index in [-0.39, 0.29) is 67.8 Å². The van der Waals surface area contributed by atoms with Gasteiger partial charge in [-0.2, -0.15) is 6.26 Å². The monoisotopic (exact) mass is 646 g/mol. The Bertz CT molecular complexity index is 1450. The fourth-order valence-corrected chi connectivity index (χ4v) is 4.28. The third kappa shape index (κ3) is 9.60. The number of halogens is 3. The summed E-state index contributed by atoms with van der Waals surface area (Å²) in [5, 5.41) is 15.5. The molecule has 204 valence electrons. The summed E-state index contributed by atoms with van der Waals surface area (Å²) in [7, 11) is 3.01. The van der Waals surface area contributed by atoms with E-state index in [4.69, 9.17) is 44.3 Å². The molecule has 14 heteroatoms. The van der Waals surface area contributed by atoms with Gasteiger partial charge in [0.25, 0.3) is 0 Å². The Hall–Kier alpha value is -1.89. The number of ether oxygens (including phenoxy) is 2. The van der Waals surface area contributed by atoms with E-state index in [1.807, 2.05) is 6.26 Å². The average Bonchev–Trinajstić information content (AvgIpc) is 2.97. The van der Waals surface area contributed by atoms with Crippen molar-refractivity contribution in [2.45, 2.75) is 4.90 Å². The molecule has 2 aromatic heterocycles. The minimum absolute atomic E-state index is 0. The van der Waals surface area contributed by atoms with Crippen LogP contribution >= 0.6 is 46.6 Å². The van der Waals surface area contributed by atoms with Gasteiger partial charge in [0.05, 0.1) is 30.4 Å². The van der Waals surface area contributed by atoms with Gasteiger partial charge in [-0.05, 0) is 42.7 Å². The molecule has 0 saturated carbocycles. The van der Waals surface area contributed by atoms with Gasteiger partial charge in [-0.1, -0.05) is 59.1 Å². The van der Waals surface area contributed by atoms with Crippen molar-refractivity contribution in [3.63, 3.8) is 0 Å². The maximum absolute atomic E-state index is 12.5. The maximum atomic E-state index is 12.5. The number of nitrogens with zero attached hydrogens (tertiary/aromatic N) is 4. The minimum Gasteiger partial charge on any atom is -0.796 e. The van der Waals surface area contributed by atoms with Crippen molar-refractivity contribution in [1.29, 1.82) is 0 Å². The molecule has 0 unspecified atom stereocenters. The SMILES string of the molecule is COc1ccccc1C(=O)c1nnc(Cl)cc1Cl.COc1ccccc1C(=O)c1nnc(Cl)cc1SC.C[S-].[Na+]. The molecule has 0 radical (unpaired) electrons. The molecule has 0 spiro atoms. The number of benzene rings is 2. The molecule has 2 heterocycles. The van der Waals surface area contributed by atoms with E-state index in [2.05, 4.69) is 33.0 Å². The third-order valence-electron chi connectivity index (χ3n) is 4.80. The molecule has 0 saturated heterocycles. The number of carbonyl (C=O) groups is 2. The predicted octanol–water partition coefficient (Wildman–Crippen LogP) is 3.28. The molecule has 0 N–H and O–H groups in total. The summed E-state index contributed by atoms with van der Waals surface area (Å²) in [6.07, 6.45) is 3.44. The smallest absolute Gasteiger partial charge is 0.796 e. The Morgan fingerprint density at radius 1 is 0.725 bits per heavy atom. The number of ketones is 2. The van der Waals surface area contributed by atoms with Crippen molar-refractivity contribution in [2.24, 2.45) is 0 Å². The van der Waals surface area contributed by atoms with Crippen molar-refractivity contribution in [3.8, 4) is 11.5 Å². The predicted molar refractivity (Wildman–Crippen MR) is 157 cm³/mol. The molecule has 0 fully saturated rings. The Morgan fingerprint density at radius 2 is 1.15 bits per heavy atom. The number of rotatable bonds is 7. The summed E-state index contributed by atoms with van der Waals surface area (Å²) >= 11 is 22.8. The standard InChI is InChI=1S/C13H11ClN2O2S.C12H8Cl2N2O2.CH4S.Na/c1-18-9-6-4-3-5-8(9)13(17)12-10(19-2)7-11(14)15-16-12;1-18-9-5-3-2-4-7(9)12(17)11-8(13)6-10(14)15-16-11;1-2;/h3-7H,1-2H3;2-6H,1H3;2H,1H3;/q;;;+1/p-1. The van der Waals surface area contributed by atoms with Gasteiger partial charge in [-0.25, -0.2) is 0 Å². The van der Waals surface area contributed by atoms with Gasteiger partial charge in [-0.15, -0.1) is 32.2 Å². The Morgan fingerprint density at radius 3 is 1.60 bits per heavy atom. The van der Waals surface area contributed by atoms with E-state index in [1.165, 1.54) is 32.0 Å². The average molecular weight is 648 g/mol. The zero-order valence-electron chi connectivity index (χ0n) is 22.1. The van der Waals surface area contributed by atoms with Gasteiger partial charge in [0, 0.05) is 4.90 Å². The van der Waals surface area contributed by atoms with Crippen LogP contribution in [-0.4, -0.2) is 58.7 Å². The van der Waals surface area contributed by atoms with Crippen LogP contribution in [0.3, 0.4) is 0 Å². The molecule has 4 aromatic rings. The summed E-state index contributed by atoms with van der Waals surface area (Å²) in [5.74, 6) is 0.374. The van der Waals surface area contributed by atoms with Crippen molar-refractivity contribution in [2.75, 3.05) is 26.7 Å². The second kappa shape index (κ2) is 18.5. The molecular formula is C26H22Cl3N4NaO4S2. The van der Waals surface area contributed by atoms with Gasteiger partial charge in [0.1, 0.15) is 17.2 Å². The number of para-hydroxylation sites is 2. The molecule has 4 rings (SSSR count). The van der Waals surface area contributed by atoms with Gasteiger partial charge in [-0.3, -0.25) is 9.59 Å². The van der Waals surface area contributed by atoms with Crippen molar-refractivity contribution in [1.82, 2.24) is 20.4 Å². The first-order valence-corrected chi connectivity index (χ1v) is 14.0. The number of hydrogen-bond acceptors (Lipinski definition) is 10. The summed E-state index contributed by atoms with van der Waals surface area (Å²) in [5.41, 5.74) is 1.16. The Balaban J connectivity index is 0.000000368. The molecule has 40 heavy (non-hydrogen) atoms. The Kier molecular flexibility index (Phi) is 16.7. The first kappa shape index (κ1) is 36.1. The molecule has 0 atom stereocenters. The number of aromatic nitrogens is 4. The first-order chi connectivity index (χ1) is 18.8. The summed E-state index contributed by atoms with van der Waals surface area (Å²) in [6, 6.07) is 16.8. The van der Waals surface area contributed by atoms with Crippen LogP contribution < -0.4 is 39.0 Å². The zero-order chi connectivity index (χ0) is 28.9. The maximum Gasteiger partial charge on any atom is 1.00 e. The van der Waals surface area contributed by atoms with Crippen LogP contribution in [0.15, 0.2) is 65.6 Å². The number of carbonyl (C=O) groups excluding carboxylic acids is 2. The van der Waals surface area contributed by atoms with Gasteiger partial charge in [0.2, 0.25) is 11.6 Å². The molecular weight excluding hydrogens is 626 g/mol. The molecule has 2 aromatic carbocycles. The number of thioether (sulfide) groups is 1. The Labute approximate surface area is 279 Å². The topological polar surface area (TPSA) is 104 Å². The van der Waals surface area contributed by atoms with Crippen LogP contribution in [0.2, 0.25) is 15.3 Å². The van der Waals surface area contributed by atoms with Crippen molar-refractivity contribution in [3.05, 3.63) is 98.5 Å². The van der Waals surface area contributed by atoms with Crippen LogP contribution in [0.25, 0.3) is 0 Å². The molecule has 0 aliphatic carbocycles. The summed E-state index contributed by atoms with van der Waals surface area (Å²) in [6.45, 7) is 0. The fourth-order valence-electron chi connectivity index (χ4n) is 3.09. The van der Waals surface area contributed by atoms with E-state index < -0.39 is 0 Å². The van der Waals surface area contributed by atoms with Crippen LogP contribution in [-0.2, 0) is 12.6 Å². The van der Waals surface area contributed by atoms with Gasteiger partial charge < -0.3 is 22.1 Å². The van der Waals surface area contributed by atoms with Crippen LogP contribution in [0.5, 0.6) is 11.5 Å². The third-order valence-corrected chi connectivity index (χ3v) is 6.21. The van der Waals surface area contributed by atoms with Crippen molar-refractivity contribution >= 4 is 70.8 Å². The van der Waals surface area contributed by atoms with E-state index in [0.29, 0.717) is 27.5 Å². The molecule has 8 nitrogen and oxygen atoms in total. The second-order valence-electron chi connectivity index (χ2n) is 7.01. The quantitative estimate of drug-likeness (QED) is 0.129. The fraction of sp³-hybridized carbons (Fsp3) is 0.154. The molecule has 0 amide bonds. The molecule has 0 bridgehead atoms. The van der Waals surface area contributed by atoms with Gasteiger partial charge in [0.15, 0.2) is 16.0 Å². The van der Waals surface area contributed by atoms with Crippen LogP contribution in [0, 0.1) is 0 Å². The zero-order valence-corrected chi connectivity index (χ0v) is 28.0. The van der Waals surface area contributed by atoms with Crippen LogP contribution in [0.4, 0.5) is 0 Å². The number of methoxy groups -OCH3 is 2. The van der Waals surface area contributed by atoms with E-state index in [0.717, 1.165) is 0 Å². The van der Waals surface area contributed by atoms with Gasteiger partial charge >= 0.3 is 29.6 Å². The van der Waals surface area contributed by atoms with E-state index in [1.54, 1.807) is 60.9 Å². The first-order valence-electron chi connectivity index (χ1n) is 10.8. The van der Waals surface area contributed by atoms with E-state index >= 15 is 0 Å². The van der Waals surface area contributed by atoms with E-state index in [9.17, 15) is 9.59 Å². The molecule has 0 aliphatic heterocycles. The second-order valence-corrected chi connectivity index (χ2v) is 9.04. The largest absolute Gasteiger partial charge is 1.00 e. The summed E-state index contributed by atoms with van der Waals surface area (Å²) in [4.78, 5) is 25.4. The molecule has 0 aliphatic rings.